The number of aryl methyl sites for hydroxylation is 1. The summed E-state index contributed by atoms with van der Waals surface area (Å²) in [6.07, 6.45) is 1.10. The standard InChI is InChI=1S/C19H13ClF4N4/c1-2-27-15-6-3-11(20)9-14(15)26-18(27)19(23,24)17-7-8-25-28(17)16-10-12(21)4-5-13(16)22/h3-10H,2H2,1H3. The van der Waals surface area contributed by atoms with Crippen molar-refractivity contribution >= 4 is 22.6 Å². The van der Waals surface area contributed by atoms with Crippen LogP contribution in [0.4, 0.5) is 17.6 Å². The van der Waals surface area contributed by atoms with Crippen LogP contribution in [0.1, 0.15) is 18.4 Å². The molecule has 9 heteroatoms. The molecule has 0 saturated carbocycles. The van der Waals surface area contributed by atoms with Crippen molar-refractivity contribution in [3.05, 3.63) is 76.8 Å². The molecule has 28 heavy (non-hydrogen) atoms. The van der Waals surface area contributed by atoms with Crippen molar-refractivity contribution in [1.29, 1.82) is 0 Å². The Labute approximate surface area is 162 Å². The van der Waals surface area contributed by atoms with Crippen molar-refractivity contribution < 1.29 is 17.6 Å². The molecule has 144 valence electrons. The van der Waals surface area contributed by atoms with Crippen molar-refractivity contribution in [2.45, 2.75) is 19.4 Å². The van der Waals surface area contributed by atoms with E-state index in [1.54, 1.807) is 19.1 Å². The molecular formula is C19H13ClF4N4. The lowest BCUT2D eigenvalue weighted by atomic mass is 10.2. The van der Waals surface area contributed by atoms with E-state index in [0.29, 0.717) is 20.7 Å². The van der Waals surface area contributed by atoms with Crippen LogP contribution in [-0.4, -0.2) is 19.3 Å². The largest absolute Gasteiger partial charge is 0.346 e. The fraction of sp³-hybridized carbons (Fsp3) is 0.158. The molecule has 0 saturated heterocycles. The molecule has 0 unspecified atom stereocenters. The average molecular weight is 409 g/mol. The van der Waals surface area contributed by atoms with E-state index in [1.165, 1.54) is 10.6 Å². The quantitative estimate of drug-likeness (QED) is 0.429. The van der Waals surface area contributed by atoms with E-state index in [4.69, 9.17) is 11.6 Å². The number of imidazole rings is 1. The van der Waals surface area contributed by atoms with E-state index in [0.717, 1.165) is 30.5 Å². The van der Waals surface area contributed by atoms with Crippen LogP contribution >= 0.6 is 11.6 Å². The zero-order valence-corrected chi connectivity index (χ0v) is 15.3. The lowest BCUT2D eigenvalue weighted by Gasteiger charge is -2.19. The molecule has 0 atom stereocenters. The van der Waals surface area contributed by atoms with Crippen LogP contribution in [0.15, 0.2) is 48.7 Å². The van der Waals surface area contributed by atoms with Crippen LogP contribution in [-0.2, 0) is 12.5 Å². The molecule has 0 fully saturated rings. The molecule has 0 aliphatic rings. The van der Waals surface area contributed by atoms with Crippen LogP contribution in [0.25, 0.3) is 16.7 Å². The van der Waals surface area contributed by atoms with Crippen molar-refractivity contribution in [2.24, 2.45) is 0 Å². The van der Waals surface area contributed by atoms with Gasteiger partial charge in [0, 0.05) is 23.8 Å². The zero-order valence-electron chi connectivity index (χ0n) is 14.5. The van der Waals surface area contributed by atoms with Gasteiger partial charge in [-0.1, -0.05) is 11.6 Å². The van der Waals surface area contributed by atoms with Crippen molar-refractivity contribution in [1.82, 2.24) is 19.3 Å². The number of halogens is 5. The summed E-state index contributed by atoms with van der Waals surface area (Å²) in [5.41, 5.74) is -0.244. The second-order valence-electron chi connectivity index (χ2n) is 6.11. The topological polar surface area (TPSA) is 35.6 Å². The fourth-order valence-corrected chi connectivity index (χ4v) is 3.32. The van der Waals surface area contributed by atoms with Crippen LogP contribution < -0.4 is 0 Å². The smallest absolute Gasteiger partial charge is 0.323 e. The van der Waals surface area contributed by atoms with Gasteiger partial charge in [0.05, 0.1) is 11.0 Å². The summed E-state index contributed by atoms with van der Waals surface area (Å²) in [7, 11) is 0. The number of fused-ring (bicyclic) bond motifs is 1. The lowest BCUT2D eigenvalue weighted by Crippen LogP contribution is -2.25. The number of hydrogen-bond donors (Lipinski definition) is 0. The van der Waals surface area contributed by atoms with Gasteiger partial charge in [0.2, 0.25) is 0 Å². The molecular weight excluding hydrogens is 396 g/mol. The molecule has 4 nitrogen and oxygen atoms in total. The maximum atomic E-state index is 15.5. The van der Waals surface area contributed by atoms with E-state index >= 15 is 8.78 Å². The molecule has 0 spiro atoms. The molecule has 0 bridgehead atoms. The molecule has 2 aromatic heterocycles. The SMILES string of the molecule is CCn1c(C(F)(F)c2ccnn2-c2cc(F)ccc2F)nc2cc(Cl)ccc21. The molecule has 0 amide bonds. The van der Waals surface area contributed by atoms with Crippen molar-refractivity contribution in [3.63, 3.8) is 0 Å². The van der Waals surface area contributed by atoms with Crippen molar-refractivity contribution in [2.75, 3.05) is 0 Å². The summed E-state index contributed by atoms with van der Waals surface area (Å²) in [6, 6.07) is 8.31. The highest BCUT2D eigenvalue weighted by Crippen LogP contribution is 2.38. The van der Waals surface area contributed by atoms with Gasteiger partial charge in [-0.15, -0.1) is 0 Å². The first-order valence-electron chi connectivity index (χ1n) is 8.37. The molecule has 0 radical (unpaired) electrons. The van der Waals surface area contributed by atoms with Gasteiger partial charge in [-0.05, 0) is 43.3 Å². The Hall–Kier alpha value is -2.87. The number of alkyl halides is 2. The minimum absolute atomic E-state index is 0.228. The molecule has 4 rings (SSSR count). The van der Waals surface area contributed by atoms with E-state index in [2.05, 4.69) is 10.1 Å². The third kappa shape index (κ3) is 2.84. The maximum Gasteiger partial charge on any atom is 0.346 e. The van der Waals surface area contributed by atoms with Gasteiger partial charge in [0.15, 0.2) is 5.82 Å². The van der Waals surface area contributed by atoms with Crippen LogP contribution in [0.2, 0.25) is 5.02 Å². The van der Waals surface area contributed by atoms with Gasteiger partial charge in [-0.25, -0.2) is 18.4 Å². The van der Waals surface area contributed by atoms with Crippen LogP contribution in [0.3, 0.4) is 0 Å². The van der Waals surface area contributed by atoms with E-state index in [1.807, 2.05) is 0 Å². The maximum absolute atomic E-state index is 15.5. The summed E-state index contributed by atoms with van der Waals surface area (Å²) in [5.74, 6) is -5.81. The first kappa shape index (κ1) is 18.5. The summed E-state index contributed by atoms with van der Waals surface area (Å²) >= 11 is 5.95. The highest BCUT2D eigenvalue weighted by molar-refractivity contribution is 6.31. The third-order valence-corrected chi connectivity index (χ3v) is 4.64. The van der Waals surface area contributed by atoms with Crippen molar-refractivity contribution in [3.8, 4) is 5.69 Å². The van der Waals surface area contributed by atoms with E-state index in [9.17, 15) is 8.78 Å². The van der Waals surface area contributed by atoms with Crippen LogP contribution in [0, 0.1) is 11.6 Å². The second-order valence-corrected chi connectivity index (χ2v) is 6.55. The van der Waals surface area contributed by atoms with E-state index in [-0.39, 0.29) is 6.54 Å². The first-order valence-corrected chi connectivity index (χ1v) is 8.74. The second kappa shape index (κ2) is 6.63. The van der Waals surface area contributed by atoms with Gasteiger partial charge >= 0.3 is 5.92 Å². The Morgan fingerprint density at radius 3 is 2.61 bits per heavy atom. The molecule has 2 heterocycles. The number of benzene rings is 2. The predicted molar refractivity (Wildman–Crippen MR) is 96.9 cm³/mol. The average Bonchev–Trinajstić information content (AvgIpc) is 3.28. The Balaban J connectivity index is 1.93. The molecule has 0 aliphatic heterocycles. The number of nitrogens with zero attached hydrogens (tertiary/aromatic N) is 4. The number of hydrogen-bond acceptors (Lipinski definition) is 2. The highest BCUT2D eigenvalue weighted by atomic mass is 35.5. The normalized spacial score (nSPS) is 12.1. The van der Waals surface area contributed by atoms with Gasteiger partial charge < -0.3 is 4.57 Å². The summed E-state index contributed by atoms with van der Waals surface area (Å²) in [5, 5.41) is 4.15. The lowest BCUT2D eigenvalue weighted by molar-refractivity contribution is 0.0224. The predicted octanol–water partition coefficient (Wildman–Crippen LogP) is 5.31. The number of aromatic nitrogens is 4. The molecule has 0 aliphatic carbocycles. The third-order valence-electron chi connectivity index (χ3n) is 4.41. The number of rotatable bonds is 4. The minimum Gasteiger partial charge on any atom is -0.323 e. The summed E-state index contributed by atoms with van der Waals surface area (Å²) in [6.45, 7) is 1.93. The van der Waals surface area contributed by atoms with Gasteiger partial charge in [0.25, 0.3) is 0 Å². The monoisotopic (exact) mass is 408 g/mol. The first-order chi connectivity index (χ1) is 13.3. The minimum atomic E-state index is -3.63. The summed E-state index contributed by atoms with van der Waals surface area (Å²) in [4.78, 5) is 4.07. The molecule has 2 aromatic carbocycles. The Bertz CT molecular complexity index is 1180. The van der Waals surface area contributed by atoms with Gasteiger partial charge in [-0.2, -0.15) is 13.9 Å². The zero-order chi connectivity index (χ0) is 20.1. The molecule has 4 aromatic rings. The summed E-state index contributed by atoms with van der Waals surface area (Å²) < 4.78 is 60.7. The van der Waals surface area contributed by atoms with Gasteiger partial charge in [0.1, 0.15) is 23.0 Å². The Morgan fingerprint density at radius 2 is 1.86 bits per heavy atom. The Morgan fingerprint density at radius 1 is 1.07 bits per heavy atom. The molecule has 0 N–H and O–H groups in total. The van der Waals surface area contributed by atoms with Crippen LogP contribution in [0.5, 0.6) is 0 Å². The Kier molecular flexibility index (Phi) is 4.38. The van der Waals surface area contributed by atoms with Gasteiger partial charge in [-0.3, -0.25) is 0 Å². The van der Waals surface area contributed by atoms with E-state index < -0.39 is 34.8 Å². The fourth-order valence-electron chi connectivity index (χ4n) is 3.16. The highest BCUT2D eigenvalue weighted by Gasteiger charge is 2.43.